The second kappa shape index (κ2) is 10.3. The van der Waals surface area contributed by atoms with E-state index in [2.05, 4.69) is 4.98 Å². The first-order valence-corrected chi connectivity index (χ1v) is 12.4. The predicted octanol–water partition coefficient (Wildman–Crippen LogP) is 4.89. The number of sulfonamides is 1. The van der Waals surface area contributed by atoms with Crippen molar-refractivity contribution < 1.29 is 17.9 Å². The number of thiazole rings is 1. The molecule has 0 saturated carbocycles. The summed E-state index contributed by atoms with van der Waals surface area (Å²) in [4.78, 5) is 4.83. The maximum Gasteiger partial charge on any atom is 0.243 e. The highest BCUT2D eigenvalue weighted by Crippen LogP contribution is 2.23. The highest BCUT2D eigenvalue weighted by molar-refractivity contribution is 7.89. The molecule has 166 valence electrons. The van der Waals surface area contributed by atoms with Gasteiger partial charge in [0.15, 0.2) is 0 Å². The minimum atomic E-state index is -3.66. The van der Waals surface area contributed by atoms with E-state index < -0.39 is 10.0 Å². The lowest BCUT2D eigenvalue weighted by atomic mass is 10.2. The van der Waals surface area contributed by atoms with Crippen molar-refractivity contribution in [2.24, 2.45) is 5.92 Å². The lowest BCUT2D eigenvalue weighted by molar-refractivity contribution is 0.304. The Morgan fingerprint density at radius 3 is 2.29 bits per heavy atom. The highest BCUT2D eigenvalue weighted by atomic mass is 32.2. The number of ether oxygens (including phenoxy) is 2. The van der Waals surface area contributed by atoms with E-state index in [9.17, 15) is 8.42 Å². The number of benzene rings is 2. The van der Waals surface area contributed by atoms with Crippen LogP contribution in [0.3, 0.4) is 0 Å². The SMILES string of the molecule is COc1ccc(S(=O)(=O)N(Cc2csc(COc3ccc(C)cc3)n2)CC(C)C)cc1. The summed E-state index contributed by atoms with van der Waals surface area (Å²) in [5.41, 5.74) is 1.89. The molecule has 0 spiro atoms. The van der Waals surface area contributed by atoms with Crippen molar-refractivity contribution in [3.8, 4) is 11.5 Å². The largest absolute Gasteiger partial charge is 0.497 e. The Labute approximate surface area is 188 Å². The predicted molar refractivity (Wildman–Crippen MR) is 123 cm³/mol. The molecule has 0 aliphatic rings. The maximum absolute atomic E-state index is 13.3. The van der Waals surface area contributed by atoms with E-state index >= 15 is 0 Å². The number of hydrogen-bond donors (Lipinski definition) is 0. The molecule has 0 amide bonds. The first-order chi connectivity index (χ1) is 14.8. The van der Waals surface area contributed by atoms with Gasteiger partial charge in [-0.3, -0.25) is 0 Å². The lowest BCUT2D eigenvalue weighted by Crippen LogP contribution is -2.34. The normalized spacial score (nSPS) is 11.8. The number of hydrogen-bond acceptors (Lipinski definition) is 6. The van der Waals surface area contributed by atoms with Crippen LogP contribution in [-0.4, -0.2) is 31.4 Å². The average Bonchev–Trinajstić information content (AvgIpc) is 3.20. The molecule has 0 N–H and O–H groups in total. The summed E-state index contributed by atoms with van der Waals surface area (Å²) >= 11 is 1.47. The van der Waals surface area contributed by atoms with Crippen molar-refractivity contribution >= 4 is 21.4 Å². The van der Waals surface area contributed by atoms with Crippen LogP contribution in [0.4, 0.5) is 0 Å². The summed E-state index contributed by atoms with van der Waals surface area (Å²) in [6.45, 7) is 6.99. The monoisotopic (exact) mass is 460 g/mol. The van der Waals surface area contributed by atoms with Gasteiger partial charge in [-0.05, 0) is 49.2 Å². The van der Waals surface area contributed by atoms with Gasteiger partial charge >= 0.3 is 0 Å². The van der Waals surface area contributed by atoms with Crippen molar-refractivity contribution in [1.29, 1.82) is 0 Å². The molecular formula is C23H28N2O4S2. The Kier molecular flexibility index (Phi) is 7.69. The third-order valence-corrected chi connectivity index (χ3v) is 7.28. The smallest absolute Gasteiger partial charge is 0.243 e. The Morgan fingerprint density at radius 2 is 1.68 bits per heavy atom. The minimum Gasteiger partial charge on any atom is -0.497 e. The topological polar surface area (TPSA) is 68.7 Å². The van der Waals surface area contributed by atoms with Gasteiger partial charge in [0.05, 0.1) is 24.2 Å². The molecule has 0 unspecified atom stereocenters. The van der Waals surface area contributed by atoms with Crippen LogP contribution < -0.4 is 9.47 Å². The quantitative estimate of drug-likeness (QED) is 0.431. The van der Waals surface area contributed by atoms with Crippen molar-refractivity contribution in [2.75, 3.05) is 13.7 Å². The van der Waals surface area contributed by atoms with Gasteiger partial charge in [-0.1, -0.05) is 31.5 Å². The third kappa shape index (κ3) is 6.29. The van der Waals surface area contributed by atoms with Crippen LogP contribution in [0, 0.1) is 12.8 Å². The van der Waals surface area contributed by atoms with Crippen LogP contribution in [-0.2, 0) is 23.2 Å². The molecule has 1 aromatic heterocycles. The van der Waals surface area contributed by atoms with Gasteiger partial charge < -0.3 is 9.47 Å². The van der Waals surface area contributed by atoms with E-state index in [1.165, 1.54) is 21.2 Å². The van der Waals surface area contributed by atoms with Gasteiger partial charge in [-0.2, -0.15) is 4.31 Å². The van der Waals surface area contributed by atoms with Crippen molar-refractivity contribution in [3.05, 3.63) is 70.2 Å². The van der Waals surface area contributed by atoms with E-state index in [4.69, 9.17) is 9.47 Å². The fourth-order valence-electron chi connectivity index (χ4n) is 3.00. The minimum absolute atomic E-state index is 0.177. The van der Waals surface area contributed by atoms with Gasteiger partial charge in [0.1, 0.15) is 23.1 Å². The summed E-state index contributed by atoms with van der Waals surface area (Å²) in [6.07, 6.45) is 0. The van der Waals surface area contributed by atoms with E-state index in [0.717, 1.165) is 10.8 Å². The summed E-state index contributed by atoms with van der Waals surface area (Å²) in [6, 6.07) is 14.3. The van der Waals surface area contributed by atoms with Gasteiger partial charge in [-0.25, -0.2) is 13.4 Å². The molecule has 3 rings (SSSR count). The van der Waals surface area contributed by atoms with Crippen LogP contribution in [0.5, 0.6) is 11.5 Å². The van der Waals surface area contributed by atoms with Crippen LogP contribution >= 0.6 is 11.3 Å². The first-order valence-electron chi connectivity index (χ1n) is 10.0. The second-order valence-corrected chi connectivity index (χ2v) is 10.6. The van der Waals surface area contributed by atoms with Crippen LogP contribution in [0.2, 0.25) is 0 Å². The van der Waals surface area contributed by atoms with Gasteiger partial charge in [0, 0.05) is 11.9 Å². The molecule has 0 aliphatic carbocycles. The van der Waals surface area contributed by atoms with Crippen molar-refractivity contribution in [2.45, 2.75) is 38.8 Å². The van der Waals surface area contributed by atoms with E-state index in [1.54, 1.807) is 31.4 Å². The Balaban J connectivity index is 1.72. The average molecular weight is 461 g/mol. The Morgan fingerprint density at radius 1 is 1.03 bits per heavy atom. The molecule has 8 heteroatoms. The number of methoxy groups -OCH3 is 1. The molecule has 3 aromatic rings. The van der Waals surface area contributed by atoms with Gasteiger partial charge in [0.2, 0.25) is 10.0 Å². The number of aromatic nitrogens is 1. The van der Waals surface area contributed by atoms with E-state index in [-0.39, 0.29) is 17.4 Å². The maximum atomic E-state index is 13.3. The molecule has 0 bridgehead atoms. The summed E-state index contributed by atoms with van der Waals surface area (Å²) in [5.74, 6) is 1.58. The van der Waals surface area contributed by atoms with Crippen LogP contribution in [0.25, 0.3) is 0 Å². The Hall–Kier alpha value is -2.42. The molecule has 31 heavy (non-hydrogen) atoms. The molecule has 0 aliphatic heterocycles. The zero-order valence-electron chi connectivity index (χ0n) is 18.2. The summed E-state index contributed by atoms with van der Waals surface area (Å²) < 4.78 is 38.9. The fraction of sp³-hybridized carbons (Fsp3) is 0.348. The van der Waals surface area contributed by atoms with Gasteiger partial charge in [0.25, 0.3) is 0 Å². The van der Waals surface area contributed by atoms with E-state index in [1.807, 2.05) is 50.4 Å². The van der Waals surface area contributed by atoms with Crippen LogP contribution in [0.15, 0.2) is 58.8 Å². The molecule has 0 fully saturated rings. The lowest BCUT2D eigenvalue weighted by Gasteiger charge is -2.23. The van der Waals surface area contributed by atoms with Crippen molar-refractivity contribution in [3.63, 3.8) is 0 Å². The number of nitrogens with zero attached hydrogens (tertiary/aromatic N) is 2. The highest BCUT2D eigenvalue weighted by Gasteiger charge is 2.26. The fourth-order valence-corrected chi connectivity index (χ4v) is 5.27. The number of aryl methyl sites for hydroxylation is 1. The standard InChI is InChI=1S/C23H28N2O4S2/c1-17(2)13-25(31(26,27)22-11-9-20(28-4)10-12-22)14-19-16-30-23(24-19)15-29-21-7-5-18(3)6-8-21/h5-12,16-17H,13-15H2,1-4H3. The number of rotatable bonds is 10. The molecule has 6 nitrogen and oxygen atoms in total. The molecule has 2 aromatic carbocycles. The van der Waals surface area contributed by atoms with E-state index in [0.29, 0.717) is 24.6 Å². The first kappa shape index (κ1) is 23.2. The molecule has 0 atom stereocenters. The van der Waals surface area contributed by atoms with Crippen molar-refractivity contribution in [1.82, 2.24) is 9.29 Å². The summed E-state index contributed by atoms with van der Waals surface area (Å²) in [7, 11) is -2.11. The van der Waals surface area contributed by atoms with Crippen LogP contribution in [0.1, 0.15) is 30.1 Å². The molecule has 0 saturated heterocycles. The molecular weight excluding hydrogens is 432 g/mol. The van der Waals surface area contributed by atoms with Gasteiger partial charge in [-0.15, -0.1) is 11.3 Å². The molecule has 1 heterocycles. The zero-order valence-corrected chi connectivity index (χ0v) is 19.9. The Bertz CT molecular complexity index is 1080. The summed E-state index contributed by atoms with van der Waals surface area (Å²) in [5, 5.41) is 2.70. The second-order valence-electron chi connectivity index (χ2n) is 7.70. The molecule has 0 radical (unpaired) electrons. The third-order valence-electron chi connectivity index (χ3n) is 4.59. The zero-order chi connectivity index (χ0) is 22.4.